The van der Waals surface area contributed by atoms with E-state index in [9.17, 15) is 4.79 Å². The van der Waals surface area contributed by atoms with Gasteiger partial charge in [-0.15, -0.1) is 0 Å². The summed E-state index contributed by atoms with van der Waals surface area (Å²) in [6, 6.07) is 8.14. The maximum atomic E-state index is 12.2. The highest BCUT2D eigenvalue weighted by molar-refractivity contribution is 5.91. The van der Waals surface area contributed by atoms with Crippen molar-refractivity contribution in [3.8, 4) is 0 Å². The van der Waals surface area contributed by atoms with Gasteiger partial charge in [0.15, 0.2) is 6.54 Å². The third-order valence-corrected chi connectivity index (χ3v) is 4.06. The number of anilines is 1. The van der Waals surface area contributed by atoms with Crippen LogP contribution in [0.3, 0.4) is 0 Å². The van der Waals surface area contributed by atoms with Crippen LogP contribution in [0, 0.1) is 0 Å². The number of carbonyl (C=O) groups is 1. The van der Waals surface area contributed by atoms with Crippen LogP contribution in [0.4, 0.5) is 5.69 Å². The average Bonchev–Trinajstić information content (AvgIpc) is 2.36. The summed E-state index contributed by atoms with van der Waals surface area (Å²) in [6.45, 7) is 13.0. The molecule has 4 heteroatoms. The molecule has 0 spiro atoms. The molecule has 1 aliphatic heterocycles. The van der Waals surface area contributed by atoms with Gasteiger partial charge in [0.1, 0.15) is 25.3 Å². The Morgan fingerprint density at radius 3 is 2.23 bits per heavy atom. The minimum absolute atomic E-state index is 0.0693. The maximum absolute atomic E-state index is 12.2. The van der Waals surface area contributed by atoms with Crippen LogP contribution < -0.4 is 10.2 Å². The average molecular weight is 305 g/mol. The van der Waals surface area contributed by atoms with E-state index in [4.69, 9.17) is 4.74 Å². The maximum Gasteiger partial charge on any atom is 0.279 e. The van der Waals surface area contributed by atoms with Crippen molar-refractivity contribution in [1.29, 1.82) is 0 Å². The molecule has 1 aromatic carbocycles. The third-order valence-electron chi connectivity index (χ3n) is 4.06. The third kappa shape index (κ3) is 4.82. The molecule has 0 aromatic heterocycles. The second-order valence-corrected chi connectivity index (χ2v) is 7.47. The number of quaternary nitrogens is 1. The molecule has 2 atom stereocenters. The fraction of sp³-hybridized carbons (Fsp3) is 0.611. The van der Waals surface area contributed by atoms with Crippen LogP contribution in [0.2, 0.25) is 0 Å². The van der Waals surface area contributed by atoms with Gasteiger partial charge < -0.3 is 15.0 Å². The Bertz CT molecular complexity index is 495. The zero-order valence-corrected chi connectivity index (χ0v) is 14.4. The lowest BCUT2D eigenvalue weighted by atomic mass is 9.87. The summed E-state index contributed by atoms with van der Waals surface area (Å²) in [7, 11) is 0. The molecule has 22 heavy (non-hydrogen) atoms. The summed E-state index contributed by atoms with van der Waals surface area (Å²) in [5, 5.41) is 3.00. The molecule has 1 saturated heterocycles. The monoisotopic (exact) mass is 305 g/mol. The van der Waals surface area contributed by atoms with Gasteiger partial charge >= 0.3 is 0 Å². The van der Waals surface area contributed by atoms with Crippen LogP contribution >= 0.6 is 0 Å². The van der Waals surface area contributed by atoms with Crippen LogP contribution in [0.5, 0.6) is 0 Å². The summed E-state index contributed by atoms with van der Waals surface area (Å²) in [4.78, 5) is 13.5. The van der Waals surface area contributed by atoms with Crippen LogP contribution in [-0.4, -0.2) is 37.7 Å². The van der Waals surface area contributed by atoms with Gasteiger partial charge in [-0.1, -0.05) is 32.9 Å². The van der Waals surface area contributed by atoms with Crippen molar-refractivity contribution >= 4 is 11.6 Å². The molecule has 0 bridgehead atoms. The Kier molecular flexibility index (Phi) is 5.24. The molecule has 1 aromatic rings. The van der Waals surface area contributed by atoms with Crippen LogP contribution in [0.25, 0.3) is 0 Å². The second kappa shape index (κ2) is 6.80. The van der Waals surface area contributed by atoms with E-state index in [1.54, 1.807) is 0 Å². The molecule has 1 fully saturated rings. The zero-order valence-electron chi connectivity index (χ0n) is 14.4. The fourth-order valence-electron chi connectivity index (χ4n) is 3.02. The zero-order chi connectivity index (χ0) is 16.3. The van der Waals surface area contributed by atoms with Gasteiger partial charge in [-0.2, -0.15) is 0 Å². The summed E-state index contributed by atoms with van der Waals surface area (Å²) >= 11 is 0. The topological polar surface area (TPSA) is 42.8 Å². The summed E-state index contributed by atoms with van der Waals surface area (Å²) in [5.41, 5.74) is 2.27. The van der Waals surface area contributed by atoms with Crippen molar-refractivity contribution in [2.45, 2.75) is 52.2 Å². The van der Waals surface area contributed by atoms with Gasteiger partial charge in [-0.25, -0.2) is 0 Å². The van der Waals surface area contributed by atoms with Crippen molar-refractivity contribution in [3.63, 3.8) is 0 Å². The lowest BCUT2D eigenvalue weighted by molar-refractivity contribution is -0.907. The van der Waals surface area contributed by atoms with Crippen molar-refractivity contribution in [2.24, 2.45) is 0 Å². The van der Waals surface area contributed by atoms with Gasteiger partial charge in [0, 0.05) is 5.69 Å². The molecule has 0 unspecified atom stereocenters. The number of rotatable bonds is 3. The van der Waals surface area contributed by atoms with Gasteiger partial charge in [0.2, 0.25) is 0 Å². The number of hydrogen-bond acceptors (Lipinski definition) is 2. The molecule has 0 saturated carbocycles. The fourth-order valence-corrected chi connectivity index (χ4v) is 3.02. The van der Waals surface area contributed by atoms with E-state index in [0.717, 1.165) is 18.8 Å². The molecular weight excluding hydrogens is 276 g/mol. The largest absolute Gasteiger partial charge is 0.364 e. The Morgan fingerprint density at radius 1 is 1.18 bits per heavy atom. The molecule has 2 rings (SSSR count). The van der Waals surface area contributed by atoms with E-state index in [0.29, 0.717) is 6.54 Å². The first-order chi connectivity index (χ1) is 10.2. The molecule has 1 aliphatic rings. The quantitative estimate of drug-likeness (QED) is 0.891. The van der Waals surface area contributed by atoms with Gasteiger partial charge in [-0.3, -0.25) is 4.79 Å². The highest BCUT2D eigenvalue weighted by Crippen LogP contribution is 2.23. The number of nitrogens with one attached hydrogen (secondary N) is 2. The summed E-state index contributed by atoms with van der Waals surface area (Å²) in [6.07, 6.45) is 0.440. The predicted octanol–water partition coefficient (Wildman–Crippen LogP) is 1.61. The molecule has 0 radical (unpaired) electrons. The molecule has 1 amide bonds. The lowest BCUT2D eigenvalue weighted by Gasteiger charge is -2.31. The Balaban J connectivity index is 1.89. The van der Waals surface area contributed by atoms with Crippen molar-refractivity contribution in [3.05, 3.63) is 29.8 Å². The lowest BCUT2D eigenvalue weighted by Crippen LogP contribution is -3.16. The Hall–Kier alpha value is -1.39. The Labute approximate surface area is 133 Å². The van der Waals surface area contributed by atoms with Gasteiger partial charge in [0.25, 0.3) is 5.91 Å². The van der Waals surface area contributed by atoms with Gasteiger partial charge in [0.05, 0.1) is 0 Å². The number of ether oxygens (including phenoxy) is 1. The van der Waals surface area contributed by atoms with E-state index in [-0.39, 0.29) is 23.5 Å². The summed E-state index contributed by atoms with van der Waals surface area (Å²) in [5.74, 6) is 0.0693. The number of carbonyl (C=O) groups excluding carboxylic acids is 1. The SMILES string of the molecule is C[C@@H]1C[NH+](CC(=O)Nc2ccc(C(C)(C)C)cc2)C[C@@H](C)O1. The number of benzene rings is 1. The first-order valence-corrected chi connectivity index (χ1v) is 8.13. The molecular formula is C18H29N2O2+. The number of amides is 1. The van der Waals surface area contributed by atoms with Crippen LogP contribution in [0.15, 0.2) is 24.3 Å². The molecule has 2 N–H and O–H groups in total. The van der Waals surface area contributed by atoms with Crippen molar-refractivity contribution < 1.29 is 14.4 Å². The normalized spacial score (nSPS) is 25.8. The van der Waals surface area contributed by atoms with Crippen LogP contribution in [-0.2, 0) is 14.9 Å². The predicted molar refractivity (Wildman–Crippen MR) is 89.3 cm³/mol. The van der Waals surface area contributed by atoms with Crippen LogP contribution in [0.1, 0.15) is 40.2 Å². The first-order valence-electron chi connectivity index (χ1n) is 8.13. The first kappa shape index (κ1) is 17.0. The van der Waals surface area contributed by atoms with E-state index < -0.39 is 0 Å². The summed E-state index contributed by atoms with van der Waals surface area (Å²) < 4.78 is 5.71. The molecule has 122 valence electrons. The Morgan fingerprint density at radius 2 is 1.73 bits per heavy atom. The van der Waals surface area contributed by atoms with E-state index in [1.165, 1.54) is 10.5 Å². The van der Waals surface area contributed by atoms with Crippen molar-refractivity contribution in [2.75, 3.05) is 25.0 Å². The molecule has 0 aliphatic carbocycles. The van der Waals surface area contributed by atoms with Gasteiger partial charge in [-0.05, 0) is 37.0 Å². The highest BCUT2D eigenvalue weighted by Gasteiger charge is 2.27. The smallest absolute Gasteiger partial charge is 0.279 e. The van der Waals surface area contributed by atoms with E-state index in [2.05, 4.69) is 52.1 Å². The highest BCUT2D eigenvalue weighted by atomic mass is 16.5. The molecule has 1 heterocycles. The minimum atomic E-state index is 0.0693. The molecule has 4 nitrogen and oxygen atoms in total. The number of morpholine rings is 1. The minimum Gasteiger partial charge on any atom is -0.364 e. The standard InChI is InChI=1S/C18H28N2O2/c1-13-10-20(11-14(2)22-13)12-17(21)19-16-8-6-15(7-9-16)18(3,4)5/h6-9,13-14H,10-12H2,1-5H3,(H,19,21)/p+1/t13-,14-/m1/s1. The van der Waals surface area contributed by atoms with E-state index in [1.807, 2.05) is 12.1 Å². The van der Waals surface area contributed by atoms with Crippen molar-refractivity contribution in [1.82, 2.24) is 0 Å². The number of hydrogen-bond donors (Lipinski definition) is 2. The second-order valence-electron chi connectivity index (χ2n) is 7.47. The van der Waals surface area contributed by atoms with E-state index >= 15 is 0 Å².